The molecule has 1 fully saturated rings. The molecule has 0 unspecified atom stereocenters. The van der Waals surface area contributed by atoms with Crippen molar-refractivity contribution in [1.82, 2.24) is 4.90 Å². The van der Waals surface area contributed by atoms with Gasteiger partial charge in [0.15, 0.2) is 0 Å². The lowest BCUT2D eigenvalue weighted by molar-refractivity contribution is -0.132. The molecular formula is C14H26ClNO. The third-order valence-corrected chi connectivity index (χ3v) is 3.93. The largest absolute Gasteiger partial charge is 0.339 e. The van der Waals surface area contributed by atoms with E-state index in [1.807, 2.05) is 4.90 Å². The number of halogens is 1. The van der Waals surface area contributed by atoms with Gasteiger partial charge in [0.1, 0.15) is 0 Å². The number of amides is 1. The Morgan fingerprint density at radius 1 is 1.29 bits per heavy atom. The van der Waals surface area contributed by atoms with Crippen LogP contribution in [0.4, 0.5) is 0 Å². The predicted molar refractivity (Wildman–Crippen MR) is 73.4 cm³/mol. The lowest BCUT2D eigenvalue weighted by atomic mass is 9.86. The molecule has 0 aliphatic heterocycles. The molecular weight excluding hydrogens is 234 g/mol. The molecule has 0 radical (unpaired) electrons. The molecule has 0 saturated heterocycles. The van der Waals surface area contributed by atoms with Crippen LogP contribution in [0.3, 0.4) is 0 Å². The van der Waals surface area contributed by atoms with Gasteiger partial charge in [-0.1, -0.05) is 32.1 Å². The van der Waals surface area contributed by atoms with Gasteiger partial charge in [0.25, 0.3) is 0 Å². The Labute approximate surface area is 111 Å². The number of carbonyl (C=O) groups excluding carboxylic acids is 1. The number of alkyl halides is 1. The van der Waals surface area contributed by atoms with Crippen molar-refractivity contribution in [2.24, 2.45) is 5.92 Å². The summed E-state index contributed by atoms with van der Waals surface area (Å²) in [5.41, 5.74) is 0. The molecule has 3 heteroatoms. The van der Waals surface area contributed by atoms with Crippen LogP contribution in [0.25, 0.3) is 0 Å². The van der Waals surface area contributed by atoms with E-state index >= 15 is 0 Å². The van der Waals surface area contributed by atoms with Crippen molar-refractivity contribution in [3.05, 3.63) is 0 Å². The second-order valence-corrected chi connectivity index (χ2v) is 5.79. The number of hydrogen-bond donors (Lipinski definition) is 0. The Morgan fingerprint density at radius 2 is 1.94 bits per heavy atom. The molecule has 1 amide bonds. The summed E-state index contributed by atoms with van der Waals surface area (Å²) < 4.78 is 0. The van der Waals surface area contributed by atoms with Crippen LogP contribution in [0.15, 0.2) is 0 Å². The summed E-state index contributed by atoms with van der Waals surface area (Å²) in [6.07, 6.45) is 8.52. The normalized spacial score (nSPS) is 17.4. The molecule has 1 aliphatic carbocycles. The monoisotopic (exact) mass is 259 g/mol. The highest BCUT2D eigenvalue weighted by Gasteiger charge is 2.19. The van der Waals surface area contributed by atoms with Crippen LogP contribution >= 0.6 is 11.6 Å². The van der Waals surface area contributed by atoms with Gasteiger partial charge in [0, 0.05) is 24.9 Å². The first kappa shape index (κ1) is 14.8. The van der Waals surface area contributed by atoms with E-state index in [4.69, 9.17) is 11.6 Å². The highest BCUT2D eigenvalue weighted by Crippen LogP contribution is 2.27. The predicted octanol–water partition coefficient (Wildman–Crippen LogP) is 3.82. The molecule has 17 heavy (non-hydrogen) atoms. The van der Waals surface area contributed by atoms with E-state index in [9.17, 15) is 4.79 Å². The van der Waals surface area contributed by atoms with E-state index in [0.29, 0.717) is 18.8 Å². The fourth-order valence-electron chi connectivity index (χ4n) is 2.71. The van der Waals surface area contributed by atoms with Crippen LogP contribution in [-0.2, 0) is 4.79 Å². The van der Waals surface area contributed by atoms with Gasteiger partial charge in [0.2, 0.25) is 5.91 Å². The van der Waals surface area contributed by atoms with Crippen LogP contribution < -0.4 is 0 Å². The van der Waals surface area contributed by atoms with Gasteiger partial charge in [-0.3, -0.25) is 4.79 Å². The van der Waals surface area contributed by atoms with Crippen molar-refractivity contribution in [1.29, 1.82) is 0 Å². The topological polar surface area (TPSA) is 20.3 Å². The fraction of sp³-hybridized carbons (Fsp3) is 0.929. The zero-order valence-electron chi connectivity index (χ0n) is 11.3. The van der Waals surface area contributed by atoms with Gasteiger partial charge < -0.3 is 4.90 Å². The molecule has 0 aromatic rings. The molecule has 1 aliphatic rings. The van der Waals surface area contributed by atoms with Crippen LogP contribution in [-0.4, -0.2) is 29.3 Å². The van der Waals surface area contributed by atoms with E-state index in [-0.39, 0.29) is 11.9 Å². The molecule has 0 spiro atoms. The van der Waals surface area contributed by atoms with Crippen molar-refractivity contribution in [3.8, 4) is 0 Å². The molecule has 1 saturated carbocycles. The number of carbonyl (C=O) groups is 1. The molecule has 0 heterocycles. The smallest absolute Gasteiger partial charge is 0.222 e. The van der Waals surface area contributed by atoms with Gasteiger partial charge in [-0.15, -0.1) is 11.6 Å². The second-order valence-electron chi connectivity index (χ2n) is 5.41. The first-order valence-corrected chi connectivity index (χ1v) is 7.54. The van der Waals surface area contributed by atoms with Crippen LogP contribution in [0, 0.1) is 5.92 Å². The molecule has 0 bridgehead atoms. The van der Waals surface area contributed by atoms with Crippen molar-refractivity contribution in [2.75, 3.05) is 12.4 Å². The fourth-order valence-corrected chi connectivity index (χ4v) is 2.89. The molecule has 1 rings (SSSR count). The minimum atomic E-state index is 0.271. The first-order valence-electron chi connectivity index (χ1n) is 7.00. The third-order valence-electron chi connectivity index (χ3n) is 3.76. The maximum atomic E-state index is 12.1. The highest BCUT2D eigenvalue weighted by molar-refractivity contribution is 6.18. The number of hydrogen-bond acceptors (Lipinski definition) is 1. The maximum absolute atomic E-state index is 12.1. The Morgan fingerprint density at radius 3 is 2.47 bits per heavy atom. The average Bonchev–Trinajstić information content (AvgIpc) is 2.34. The van der Waals surface area contributed by atoms with Crippen LogP contribution in [0.5, 0.6) is 0 Å². The summed E-state index contributed by atoms with van der Waals surface area (Å²) in [5, 5.41) is 0. The lowest BCUT2D eigenvalue weighted by Gasteiger charge is -2.27. The van der Waals surface area contributed by atoms with Crippen molar-refractivity contribution in [3.63, 3.8) is 0 Å². The molecule has 0 aromatic carbocycles. The number of nitrogens with zero attached hydrogens (tertiary/aromatic N) is 1. The minimum absolute atomic E-state index is 0.271. The summed E-state index contributed by atoms with van der Waals surface area (Å²) in [7, 11) is 0. The van der Waals surface area contributed by atoms with Crippen molar-refractivity contribution >= 4 is 17.5 Å². The SMILES string of the molecule is CC(C)N(CCCl)C(=O)CCC1CCCCC1. The molecule has 0 aromatic heterocycles. The molecule has 0 N–H and O–H groups in total. The highest BCUT2D eigenvalue weighted by atomic mass is 35.5. The standard InChI is InChI=1S/C14H26ClNO/c1-12(2)16(11-10-15)14(17)9-8-13-6-4-3-5-7-13/h12-13H,3-11H2,1-2H3. The van der Waals surface area contributed by atoms with E-state index < -0.39 is 0 Å². The van der Waals surface area contributed by atoms with Crippen molar-refractivity contribution in [2.45, 2.75) is 64.8 Å². The van der Waals surface area contributed by atoms with Gasteiger partial charge in [-0.05, 0) is 26.2 Å². The summed E-state index contributed by atoms with van der Waals surface area (Å²) in [4.78, 5) is 14.0. The summed E-state index contributed by atoms with van der Waals surface area (Å²) in [6.45, 7) is 4.80. The van der Waals surface area contributed by atoms with E-state index in [2.05, 4.69) is 13.8 Å². The summed E-state index contributed by atoms with van der Waals surface area (Å²) >= 11 is 5.74. The maximum Gasteiger partial charge on any atom is 0.222 e. The lowest BCUT2D eigenvalue weighted by Crippen LogP contribution is -2.38. The zero-order chi connectivity index (χ0) is 12.7. The quantitative estimate of drug-likeness (QED) is 0.664. The van der Waals surface area contributed by atoms with E-state index in [1.165, 1.54) is 32.1 Å². The molecule has 2 nitrogen and oxygen atoms in total. The second kappa shape index (κ2) is 7.97. The van der Waals surface area contributed by atoms with E-state index in [1.54, 1.807) is 0 Å². The molecule has 100 valence electrons. The molecule has 0 atom stereocenters. The summed E-state index contributed by atoms with van der Waals surface area (Å²) in [6, 6.07) is 0.271. The Hall–Kier alpha value is -0.240. The number of rotatable bonds is 6. The minimum Gasteiger partial charge on any atom is -0.339 e. The van der Waals surface area contributed by atoms with Gasteiger partial charge >= 0.3 is 0 Å². The first-order chi connectivity index (χ1) is 8.15. The van der Waals surface area contributed by atoms with Gasteiger partial charge in [0.05, 0.1) is 0 Å². The van der Waals surface area contributed by atoms with Gasteiger partial charge in [-0.2, -0.15) is 0 Å². The average molecular weight is 260 g/mol. The van der Waals surface area contributed by atoms with Crippen LogP contribution in [0.1, 0.15) is 58.8 Å². The Kier molecular flexibility index (Phi) is 6.94. The van der Waals surface area contributed by atoms with E-state index in [0.717, 1.165) is 12.3 Å². The Balaban J connectivity index is 2.30. The summed E-state index contributed by atoms with van der Waals surface area (Å²) in [5.74, 6) is 1.61. The van der Waals surface area contributed by atoms with Crippen molar-refractivity contribution < 1.29 is 4.79 Å². The van der Waals surface area contributed by atoms with Crippen LogP contribution in [0.2, 0.25) is 0 Å². The van der Waals surface area contributed by atoms with Gasteiger partial charge in [-0.25, -0.2) is 0 Å². The zero-order valence-corrected chi connectivity index (χ0v) is 12.0. The Bertz CT molecular complexity index is 224. The third kappa shape index (κ3) is 5.29.